The fourth-order valence-corrected chi connectivity index (χ4v) is 1.98. The van der Waals surface area contributed by atoms with Crippen molar-refractivity contribution in [3.05, 3.63) is 22.2 Å². The van der Waals surface area contributed by atoms with Gasteiger partial charge < -0.3 is 20.3 Å². The first-order valence-electron chi connectivity index (χ1n) is 4.91. The maximum atomic E-state index is 9.87. The first kappa shape index (κ1) is 13.1. The standard InChI is InChI=1S/C11H16ClNO3/c1-6-4-8(16-3)11(15)10(12)9(6)7(14)5-13-2/h4,7,13-15H,5H2,1-3H3. The molecule has 4 nitrogen and oxygen atoms in total. The van der Waals surface area contributed by atoms with E-state index in [1.54, 1.807) is 13.1 Å². The summed E-state index contributed by atoms with van der Waals surface area (Å²) in [7, 11) is 3.18. The largest absolute Gasteiger partial charge is 0.503 e. The number of halogens is 1. The second-order valence-electron chi connectivity index (χ2n) is 3.55. The molecule has 0 radical (unpaired) electrons. The minimum absolute atomic E-state index is 0.139. The predicted molar refractivity (Wildman–Crippen MR) is 63.3 cm³/mol. The third-order valence-electron chi connectivity index (χ3n) is 2.40. The van der Waals surface area contributed by atoms with Crippen LogP contribution in [0.15, 0.2) is 6.07 Å². The number of hydrogen-bond acceptors (Lipinski definition) is 4. The number of aromatic hydroxyl groups is 1. The van der Waals surface area contributed by atoms with Gasteiger partial charge in [-0.2, -0.15) is 0 Å². The van der Waals surface area contributed by atoms with E-state index in [4.69, 9.17) is 16.3 Å². The number of aliphatic hydroxyl groups is 1. The van der Waals surface area contributed by atoms with Gasteiger partial charge in [-0.05, 0) is 25.6 Å². The number of methoxy groups -OCH3 is 1. The first-order chi connectivity index (χ1) is 7.52. The van der Waals surface area contributed by atoms with Crippen molar-refractivity contribution in [2.24, 2.45) is 0 Å². The molecule has 1 atom stereocenters. The van der Waals surface area contributed by atoms with Crippen LogP contribution in [0.3, 0.4) is 0 Å². The Hall–Kier alpha value is -0.970. The Kier molecular flexibility index (Phi) is 4.41. The fourth-order valence-electron chi connectivity index (χ4n) is 1.61. The molecule has 0 spiro atoms. The first-order valence-corrected chi connectivity index (χ1v) is 5.29. The molecule has 0 aliphatic heterocycles. The normalized spacial score (nSPS) is 12.6. The number of benzene rings is 1. The lowest BCUT2D eigenvalue weighted by Gasteiger charge is -2.17. The molecule has 90 valence electrons. The Morgan fingerprint density at radius 3 is 2.69 bits per heavy atom. The van der Waals surface area contributed by atoms with Gasteiger partial charge in [0.05, 0.1) is 18.2 Å². The summed E-state index contributed by atoms with van der Waals surface area (Å²) in [6, 6.07) is 1.65. The lowest BCUT2D eigenvalue weighted by Crippen LogP contribution is -2.18. The number of hydrogen-bond donors (Lipinski definition) is 3. The Morgan fingerprint density at radius 1 is 1.56 bits per heavy atom. The number of likely N-dealkylation sites (N-methyl/N-ethyl adjacent to an activating group) is 1. The molecule has 0 fully saturated rings. The average Bonchev–Trinajstić information content (AvgIpc) is 2.24. The molecule has 0 saturated carbocycles. The van der Waals surface area contributed by atoms with Crippen LogP contribution in [-0.4, -0.2) is 30.9 Å². The predicted octanol–water partition coefficient (Wildman–Crippen LogP) is 1.62. The molecule has 3 N–H and O–H groups in total. The van der Waals surface area contributed by atoms with Crippen LogP contribution in [0, 0.1) is 6.92 Å². The smallest absolute Gasteiger partial charge is 0.177 e. The summed E-state index contributed by atoms with van der Waals surface area (Å²) in [6.45, 7) is 2.17. The summed E-state index contributed by atoms with van der Waals surface area (Å²) in [4.78, 5) is 0. The third-order valence-corrected chi connectivity index (χ3v) is 2.78. The third kappa shape index (κ3) is 2.40. The lowest BCUT2D eigenvalue weighted by molar-refractivity contribution is 0.176. The van der Waals surface area contributed by atoms with Crippen molar-refractivity contribution in [3.8, 4) is 11.5 Å². The second kappa shape index (κ2) is 5.39. The van der Waals surface area contributed by atoms with E-state index >= 15 is 0 Å². The van der Waals surface area contributed by atoms with Gasteiger partial charge in [0.15, 0.2) is 11.5 Å². The molecule has 0 amide bonds. The molecule has 0 aliphatic rings. The Labute approximate surface area is 99.8 Å². The van der Waals surface area contributed by atoms with Crippen LogP contribution in [-0.2, 0) is 0 Å². The maximum Gasteiger partial charge on any atom is 0.177 e. The van der Waals surface area contributed by atoms with E-state index in [0.29, 0.717) is 17.9 Å². The van der Waals surface area contributed by atoms with E-state index in [2.05, 4.69) is 5.32 Å². The molecule has 0 bridgehead atoms. The molecule has 0 heterocycles. The number of rotatable bonds is 4. The van der Waals surface area contributed by atoms with Crippen molar-refractivity contribution < 1.29 is 14.9 Å². The summed E-state index contributed by atoms with van der Waals surface area (Å²) in [5.74, 6) is 0.169. The molecule has 5 heteroatoms. The molecule has 0 aliphatic carbocycles. The summed E-state index contributed by atoms with van der Waals surface area (Å²) in [5, 5.41) is 22.6. The quantitative estimate of drug-likeness (QED) is 0.754. The molecular formula is C11H16ClNO3. The highest BCUT2D eigenvalue weighted by Gasteiger charge is 2.19. The Morgan fingerprint density at radius 2 is 2.19 bits per heavy atom. The van der Waals surface area contributed by atoms with E-state index in [1.807, 2.05) is 6.92 Å². The minimum Gasteiger partial charge on any atom is -0.503 e. The summed E-state index contributed by atoms with van der Waals surface area (Å²) in [5.41, 5.74) is 1.30. The van der Waals surface area contributed by atoms with Crippen LogP contribution in [0.1, 0.15) is 17.2 Å². The summed E-state index contributed by atoms with van der Waals surface area (Å²) < 4.78 is 4.97. The summed E-state index contributed by atoms with van der Waals surface area (Å²) in [6.07, 6.45) is -0.755. The number of phenols is 1. The van der Waals surface area contributed by atoms with Crippen LogP contribution in [0.4, 0.5) is 0 Å². The highest BCUT2D eigenvalue weighted by atomic mass is 35.5. The highest BCUT2D eigenvalue weighted by Crippen LogP contribution is 2.40. The molecule has 1 unspecified atom stereocenters. The Bertz CT molecular complexity index is 382. The zero-order valence-corrected chi connectivity index (χ0v) is 10.3. The molecule has 0 saturated heterocycles. The molecule has 0 aromatic heterocycles. The molecule has 1 aromatic rings. The molecule has 16 heavy (non-hydrogen) atoms. The van der Waals surface area contributed by atoms with E-state index in [0.717, 1.165) is 5.56 Å². The van der Waals surface area contributed by atoms with Crippen LogP contribution >= 0.6 is 11.6 Å². The lowest BCUT2D eigenvalue weighted by atomic mass is 10.0. The van der Waals surface area contributed by atoms with Gasteiger partial charge in [0.1, 0.15) is 0 Å². The van der Waals surface area contributed by atoms with Crippen molar-refractivity contribution in [1.29, 1.82) is 0 Å². The monoisotopic (exact) mass is 245 g/mol. The van der Waals surface area contributed by atoms with Gasteiger partial charge in [0.2, 0.25) is 0 Å². The van der Waals surface area contributed by atoms with Crippen molar-refractivity contribution in [2.75, 3.05) is 20.7 Å². The molecule has 1 aromatic carbocycles. The molecule has 1 rings (SSSR count). The van der Waals surface area contributed by atoms with Crippen LogP contribution in [0.2, 0.25) is 5.02 Å². The van der Waals surface area contributed by atoms with Gasteiger partial charge in [0.25, 0.3) is 0 Å². The van der Waals surface area contributed by atoms with Gasteiger partial charge >= 0.3 is 0 Å². The van der Waals surface area contributed by atoms with E-state index in [9.17, 15) is 10.2 Å². The van der Waals surface area contributed by atoms with Crippen LogP contribution in [0.5, 0.6) is 11.5 Å². The Balaban J connectivity index is 3.24. The van der Waals surface area contributed by atoms with E-state index in [1.165, 1.54) is 7.11 Å². The fraction of sp³-hybridized carbons (Fsp3) is 0.455. The van der Waals surface area contributed by atoms with Crippen molar-refractivity contribution in [1.82, 2.24) is 5.32 Å². The topological polar surface area (TPSA) is 61.7 Å². The number of ether oxygens (including phenoxy) is 1. The van der Waals surface area contributed by atoms with Crippen molar-refractivity contribution >= 4 is 11.6 Å². The van der Waals surface area contributed by atoms with Gasteiger partial charge in [0, 0.05) is 12.1 Å². The SMILES string of the molecule is CNCC(O)c1c(C)cc(OC)c(O)c1Cl. The van der Waals surface area contributed by atoms with Crippen LogP contribution in [0.25, 0.3) is 0 Å². The number of aryl methyl sites for hydroxylation is 1. The van der Waals surface area contributed by atoms with Crippen molar-refractivity contribution in [3.63, 3.8) is 0 Å². The minimum atomic E-state index is -0.755. The van der Waals surface area contributed by atoms with Crippen LogP contribution < -0.4 is 10.1 Å². The summed E-state index contributed by atoms with van der Waals surface area (Å²) >= 11 is 6.00. The van der Waals surface area contributed by atoms with E-state index in [-0.39, 0.29) is 10.8 Å². The highest BCUT2D eigenvalue weighted by molar-refractivity contribution is 6.33. The van der Waals surface area contributed by atoms with Gasteiger partial charge in [-0.3, -0.25) is 0 Å². The average molecular weight is 246 g/mol. The second-order valence-corrected chi connectivity index (χ2v) is 3.92. The van der Waals surface area contributed by atoms with Crippen molar-refractivity contribution in [2.45, 2.75) is 13.0 Å². The maximum absolute atomic E-state index is 9.87. The van der Waals surface area contributed by atoms with Gasteiger partial charge in [-0.25, -0.2) is 0 Å². The zero-order chi connectivity index (χ0) is 12.3. The molecular weight excluding hydrogens is 230 g/mol. The van der Waals surface area contributed by atoms with E-state index < -0.39 is 6.10 Å². The number of aliphatic hydroxyl groups excluding tert-OH is 1. The number of phenolic OH excluding ortho intramolecular Hbond substituents is 1. The van der Waals surface area contributed by atoms with Gasteiger partial charge in [-0.15, -0.1) is 0 Å². The zero-order valence-electron chi connectivity index (χ0n) is 9.54. The number of nitrogens with one attached hydrogen (secondary N) is 1. The van der Waals surface area contributed by atoms with Gasteiger partial charge in [-0.1, -0.05) is 11.6 Å².